The lowest BCUT2D eigenvalue weighted by molar-refractivity contribution is 0.119. The Balaban J connectivity index is 1.45. The van der Waals surface area contributed by atoms with Crippen LogP contribution < -0.4 is 16.1 Å². The number of pyridine rings is 1. The maximum Gasteiger partial charge on any atom is 0.229 e. The van der Waals surface area contributed by atoms with Crippen LogP contribution in [0.25, 0.3) is 0 Å². The van der Waals surface area contributed by atoms with Crippen LogP contribution in [0.1, 0.15) is 34.6 Å². The summed E-state index contributed by atoms with van der Waals surface area (Å²) >= 11 is 0. The van der Waals surface area contributed by atoms with Gasteiger partial charge in [-0.1, -0.05) is 6.07 Å². The van der Waals surface area contributed by atoms with Gasteiger partial charge >= 0.3 is 0 Å². The zero-order valence-corrected chi connectivity index (χ0v) is 21.0. The molecule has 2 aliphatic heterocycles. The average molecular weight is 490 g/mol. The van der Waals surface area contributed by atoms with Crippen LogP contribution in [-0.2, 0) is 22.5 Å². The highest BCUT2D eigenvalue weighted by molar-refractivity contribution is 7.69. The van der Waals surface area contributed by atoms with Gasteiger partial charge in [0, 0.05) is 25.4 Å². The van der Waals surface area contributed by atoms with Crippen LogP contribution in [0.2, 0.25) is 0 Å². The van der Waals surface area contributed by atoms with Crippen LogP contribution in [-0.4, -0.2) is 53.4 Å². The van der Waals surface area contributed by atoms with Gasteiger partial charge in [-0.15, -0.1) is 0 Å². The van der Waals surface area contributed by atoms with Gasteiger partial charge in [0.25, 0.3) is 0 Å². The minimum Gasteiger partial charge on any atom is -0.377 e. The zero-order chi connectivity index (χ0) is 24.6. The number of anilines is 4. The average Bonchev–Trinajstić information content (AvgIpc) is 3.01. The Kier molecular flexibility index (Phi) is 6.28. The molecule has 0 bridgehead atoms. The Morgan fingerprint density at radius 1 is 1.20 bits per heavy atom. The van der Waals surface area contributed by atoms with Crippen molar-refractivity contribution in [3.8, 4) is 6.07 Å². The maximum atomic E-state index is 12.4. The molecule has 1 unspecified atom stereocenters. The normalized spacial score (nSPS) is 17.7. The second-order valence-corrected chi connectivity index (χ2v) is 12.7. The highest BCUT2D eigenvalue weighted by Crippen LogP contribution is 2.38. The third-order valence-electron chi connectivity index (χ3n) is 6.30. The fraction of sp³-hybridized carbons (Fsp3) is 0.360. The molecule has 0 spiro atoms. The molecule has 0 saturated heterocycles. The molecule has 3 aromatic rings. The van der Waals surface area contributed by atoms with E-state index >= 15 is 0 Å². The van der Waals surface area contributed by atoms with Crippen molar-refractivity contribution in [2.75, 3.05) is 44.2 Å². The Morgan fingerprint density at radius 2 is 2.03 bits per heavy atom. The largest absolute Gasteiger partial charge is 0.377 e. The number of likely N-dealkylation sites (N-methyl/N-ethyl adjacent to an activating group) is 1. The van der Waals surface area contributed by atoms with E-state index in [0.29, 0.717) is 35.5 Å². The number of nitrogens with zero attached hydrogens (tertiary/aromatic N) is 5. The summed E-state index contributed by atoms with van der Waals surface area (Å²) in [5, 5.41) is 16.0. The number of hydrogen-bond acceptors (Lipinski definition) is 9. The molecular formula is C25H28N7O2P. The fourth-order valence-corrected chi connectivity index (χ4v) is 5.55. The molecule has 1 atom stereocenters. The SMILES string of the molecule is CN1Cc2cc(Nc3ncc(C#N)c(Nc4cccc(P(C)(C)=O)n4)n3)cc3c2C(CCOC3)C1. The molecule has 2 N–H and O–H groups in total. The van der Waals surface area contributed by atoms with Crippen molar-refractivity contribution >= 4 is 35.8 Å². The molecule has 0 radical (unpaired) electrons. The first-order valence-electron chi connectivity index (χ1n) is 11.6. The molecule has 0 fully saturated rings. The van der Waals surface area contributed by atoms with E-state index < -0.39 is 7.14 Å². The summed E-state index contributed by atoms with van der Waals surface area (Å²) in [5.74, 6) is 1.65. The predicted octanol–water partition coefficient (Wildman–Crippen LogP) is 3.93. The minimum absolute atomic E-state index is 0.286. The summed E-state index contributed by atoms with van der Waals surface area (Å²) in [4.78, 5) is 15.7. The van der Waals surface area contributed by atoms with Gasteiger partial charge in [-0.2, -0.15) is 10.2 Å². The van der Waals surface area contributed by atoms with Crippen LogP contribution in [0, 0.1) is 11.3 Å². The first kappa shape index (κ1) is 23.4. The van der Waals surface area contributed by atoms with E-state index in [0.717, 1.165) is 31.8 Å². The van der Waals surface area contributed by atoms with Gasteiger partial charge in [-0.3, -0.25) is 0 Å². The standard InChI is InChI=1S/C25H28N7O2P/c1-32-13-16-7-8-34-15-18-10-20(9-17(14-32)23(16)18)28-25-27-12-19(11-26)24(31-25)30-21-5-4-6-22(29-21)35(2,3)33/h4-6,9-10,12,16H,7-8,13-15H2,1-3H3,(H2,27,28,29,30,31). The van der Waals surface area contributed by atoms with Crippen molar-refractivity contribution in [1.29, 1.82) is 5.26 Å². The lowest BCUT2D eigenvalue weighted by Gasteiger charge is -2.33. The molecule has 4 heterocycles. The molecule has 2 aromatic heterocycles. The number of nitrogens with one attached hydrogen (secondary N) is 2. The van der Waals surface area contributed by atoms with E-state index in [1.807, 2.05) is 0 Å². The maximum absolute atomic E-state index is 12.4. The molecule has 5 rings (SSSR count). The Labute approximate surface area is 204 Å². The summed E-state index contributed by atoms with van der Waals surface area (Å²) in [6.45, 7) is 6.64. The van der Waals surface area contributed by atoms with Gasteiger partial charge in [0.2, 0.25) is 5.95 Å². The van der Waals surface area contributed by atoms with Crippen LogP contribution in [0.3, 0.4) is 0 Å². The molecule has 9 nitrogen and oxygen atoms in total. The Hall–Kier alpha value is -3.31. The van der Waals surface area contributed by atoms with Crippen molar-refractivity contribution in [2.45, 2.75) is 25.5 Å². The van der Waals surface area contributed by atoms with Crippen molar-refractivity contribution in [2.24, 2.45) is 0 Å². The first-order valence-corrected chi connectivity index (χ1v) is 14.2. The third kappa shape index (κ3) is 5.06. The summed E-state index contributed by atoms with van der Waals surface area (Å²) in [7, 11) is -0.376. The van der Waals surface area contributed by atoms with Crippen LogP contribution in [0.5, 0.6) is 0 Å². The molecule has 0 aliphatic carbocycles. The number of hydrogen-bond donors (Lipinski definition) is 2. The fourth-order valence-electron chi connectivity index (χ4n) is 4.75. The Bertz CT molecular complexity index is 1360. The number of nitriles is 1. The molecular weight excluding hydrogens is 461 g/mol. The molecule has 0 saturated carbocycles. The minimum atomic E-state index is -2.52. The smallest absolute Gasteiger partial charge is 0.229 e. The van der Waals surface area contributed by atoms with Gasteiger partial charge in [0.05, 0.1) is 12.8 Å². The van der Waals surface area contributed by atoms with Gasteiger partial charge in [-0.25, -0.2) is 9.97 Å². The Morgan fingerprint density at radius 3 is 2.83 bits per heavy atom. The quantitative estimate of drug-likeness (QED) is 0.514. The van der Waals surface area contributed by atoms with E-state index in [2.05, 4.69) is 55.7 Å². The molecule has 35 heavy (non-hydrogen) atoms. The van der Waals surface area contributed by atoms with Gasteiger partial charge in [-0.05, 0) is 73.7 Å². The predicted molar refractivity (Wildman–Crippen MR) is 136 cm³/mol. The van der Waals surface area contributed by atoms with E-state index in [-0.39, 0.29) is 5.56 Å². The second-order valence-electron chi connectivity index (χ2n) is 9.49. The molecule has 1 aromatic carbocycles. The number of benzene rings is 1. The highest BCUT2D eigenvalue weighted by Gasteiger charge is 2.28. The van der Waals surface area contributed by atoms with Gasteiger partial charge in [0.15, 0.2) is 5.82 Å². The lowest BCUT2D eigenvalue weighted by Crippen LogP contribution is -2.31. The van der Waals surface area contributed by atoms with E-state index in [1.54, 1.807) is 31.5 Å². The van der Waals surface area contributed by atoms with E-state index in [4.69, 9.17) is 4.74 Å². The van der Waals surface area contributed by atoms with Crippen LogP contribution >= 0.6 is 7.14 Å². The van der Waals surface area contributed by atoms with Crippen molar-refractivity contribution < 1.29 is 9.30 Å². The molecule has 0 amide bonds. The monoisotopic (exact) mass is 489 g/mol. The molecule has 2 aliphatic rings. The van der Waals surface area contributed by atoms with Gasteiger partial charge < -0.3 is 24.8 Å². The summed E-state index contributed by atoms with van der Waals surface area (Å²) < 4.78 is 18.3. The summed E-state index contributed by atoms with van der Waals surface area (Å²) in [6, 6.07) is 11.7. The molecule has 10 heteroatoms. The van der Waals surface area contributed by atoms with Crippen molar-refractivity contribution in [3.63, 3.8) is 0 Å². The van der Waals surface area contributed by atoms with Crippen molar-refractivity contribution in [3.05, 3.63) is 58.8 Å². The third-order valence-corrected chi connectivity index (χ3v) is 7.65. The van der Waals surface area contributed by atoms with E-state index in [1.165, 1.54) is 22.9 Å². The lowest BCUT2D eigenvalue weighted by atomic mass is 9.84. The van der Waals surface area contributed by atoms with Crippen LogP contribution in [0.15, 0.2) is 36.5 Å². The topological polar surface area (TPSA) is 116 Å². The van der Waals surface area contributed by atoms with Gasteiger partial charge in [0.1, 0.15) is 30.0 Å². The number of rotatable bonds is 5. The first-order chi connectivity index (χ1) is 16.8. The second kappa shape index (κ2) is 9.38. The van der Waals surface area contributed by atoms with E-state index in [9.17, 15) is 9.83 Å². The van der Waals surface area contributed by atoms with Crippen LogP contribution in [0.4, 0.5) is 23.3 Å². The van der Waals surface area contributed by atoms with Crippen molar-refractivity contribution in [1.82, 2.24) is 19.9 Å². The highest BCUT2D eigenvalue weighted by atomic mass is 31.2. The zero-order valence-electron chi connectivity index (χ0n) is 20.1. The summed E-state index contributed by atoms with van der Waals surface area (Å²) in [6.07, 6.45) is 2.51. The molecule has 180 valence electrons. The number of aromatic nitrogens is 3. The summed E-state index contributed by atoms with van der Waals surface area (Å²) in [5.41, 5.74) is 5.60. The number of ether oxygens (including phenoxy) is 1.